The van der Waals surface area contributed by atoms with Crippen molar-refractivity contribution in [2.75, 3.05) is 31.3 Å². The molecular formula is C19H19NO6S. The van der Waals surface area contributed by atoms with Gasteiger partial charge in [0.25, 0.3) is 0 Å². The van der Waals surface area contributed by atoms with Crippen LogP contribution in [-0.2, 0) is 19.3 Å². The Kier molecular flexibility index (Phi) is 4.63. The second-order valence-corrected chi connectivity index (χ2v) is 8.80. The molecule has 0 saturated carbocycles. The van der Waals surface area contributed by atoms with Crippen molar-refractivity contribution in [3.8, 4) is 11.1 Å². The molecule has 27 heavy (non-hydrogen) atoms. The number of carbonyl (C=O) groups is 1. The van der Waals surface area contributed by atoms with Gasteiger partial charge in [-0.2, -0.15) is 0 Å². The van der Waals surface area contributed by atoms with E-state index in [0.29, 0.717) is 17.1 Å². The number of cyclic esters (lactones) is 1. The molecule has 1 N–H and O–H groups in total. The maximum Gasteiger partial charge on any atom is 0.414 e. The Bertz CT molecular complexity index is 935. The number of nitrogens with zero attached hydrogens (tertiary/aromatic N) is 1. The third-order valence-corrected chi connectivity index (χ3v) is 6.90. The topological polar surface area (TPSA) is 93.1 Å². The summed E-state index contributed by atoms with van der Waals surface area (Å²) in [6.45, 7) is 0.609. The number of hydrogen-bond donors (Lipinski definition) is 1. The van der Waals surface area contributed by atoms with Crippen molar-refractivity contribution in [1.29, 1.82) is 0 Å². The molecule has 1 atom stereocenters. The Balaban J connectivity index is 1.52. The maximum absolute atomic E-state index is 12.4. The van der Waals surface area contributed by atoms with Gasteiger partial charge in [0, 0.05) is 5.69 Å². The zero-order chi connectivity index (χ0) is 19.0. The highest BCUT2D eigenvalue weighted by atomic mass is 32.2. The van der Waals surface area contributed by atoms with Crippen molar-refractivity contribution in [1.82, 2.24) is 0 Å². The van der Waals surface area contributed by atoms with Gasteiger partial charge in [-0.1, -0.05) is 24.3 Å². The summed E-state index contributed by atoms with van der Waals surface area (Å²) in [5.41, 5.74) is 2.47. The number of rotatable bonds is 5. The minimum atomic E-state index is -3.34. The van der Waals surface area contributed by atoms with Crippen molar-refractivity contribution in [3.63, 3.8) is 0 Å². The van der Waals surface area contributed by atoms with Gasteiger partial charge in [-0.25, -0.2) is 13.2 Å². The van der Waals surface area contributed by atoms with Crippen LogP contribution in [0.15, 0.2) is 53.4 Å². The predicted octanol–water partition coefficient (Wildman–Crippen LogP) is 1.84. The summed E-state index contributed by atoms with van der Waals surface area (Å²) in [5, 5.41) is 8.67. The number of hydrogen-bond acceptors (Lipinski definition) is 6. The van der Waals surface area contributed by atoms with E-state index < -0.39 is 27.3 Å². The smallest absolute Gasteiger partial charge is 0.414 e. The summed E-state index contributed by atoms with van der Waals surface area (Å²) >= 11 is 0. The molecule has 0 aromatic heterocycles. The van der Waals surface area contributed by atoms with Gasteiger partial charge < -0.3 is 14.6 Å². The largest absolute Gasteiger partial charge is 0.441 e. The van der Waals surface area contributed by atoms with Crippen LogP contribution >= 0.6 is 0 Å². The quantitative estimate of drug-likeness (QED) is 0.839. The van der Waals surface area contributed by atoms with Crippen LogP contribution in [0.1, 0.15) is 0 Å². The van der Waals surface area contributed by atoms with Crippen LogP contribution in [0.4, 0.5) is 10.5 Å². The molecule has 7 nitrogen and oxygen atoms in total. The Labute approximate surface area is 157 Å². The Morgan fingerprint density at radius 3 is 2.07 bits per heavy atom. The third-order valence-electron chi connectivity index (χ3n) is 4.82. The standard InChI is InChI=1S/C19H19NO6S/c21-10-16-9-20(19(22)26-16)15-5-1-13(2-6-15)14-3-7-17(8-4-14)27(23,24)18-11-25-12-18/h1-8,16,18,21H,9-12H2/t16-/m1/s1. The molecule has 1 amide bonds. The summed E-state index contributed by atoms with van der Waals surface area (Å²) in [5.74, 6) is 0. The van der Waals surface area contributed by atoms with Crippen LogP contribution in [-0.4, -0.2) is 57.3 Å². The van der Waals surface area contributed by atoms with E-state index in [1.165, 1.54) is 4.90 Å². The minimum absolute atomic E-state index is 0.206. The van der Waals surface area contributed by atoms with Crippen LogP contribution < -0.4 is 4.90 Å². The lowest BCUT2D eigenvalue weighted by molar-refractivity contribution is 0.0416. The normalized spacial score (nSPS) is 20.4. The van der Waals surface area contributed by atoms with Gasteiger partial charge in [0.1, 0.15) is 11.4 Å². The molecule has 0 spiro atoms. The average molecular weight is 389 g/mol. The molecule has 2 saturated heterocycles. The molecule has 2 aromatic carbocycles. The summed E-state index contributed by atoms with van der Waals surface area (Å²) in [4.78, 5) is 13.6. The molecule has 2 fully saturated rings. The van der Waals surface area contributed by atoms with E-state index in [2.05, 4.69) is 0 Å². The molecule has 4 rings (SSSR count). The number of ether oxygens (including phenoxy) is 2. The van der Waals surface area contributed by atoms with Crippen molar-refractivity contribution in [3.05, 3.63) is 48.5 Å². The van der Waals surface area contributed by atoms with Crippen LogP contribution in [0.3, 0.4) is 0 Å². The first-order chi connectivity index (χ1) is 13.0. The van der Waals surface area contributed by atoms with Crippen LogP contribution in [0, 0.1) is 0 Å². The predicted molar refractivity (Wildman–Crippen MR) is 98.4 cm³/mol. The molecule has 142 valence electrons. The van der Waals surface area contributed by atoms with Gasteiger partial charge in [-0.15, -0.1) is 0 Å². The monoisotopic (exact) mass is 389 g/mol. The summed E-state index contributed by atoms with van der Waals surface area (Å²) in [7, 11) is -3.34. The molecule has 0 unspecified atom stereocenters. The maximum atomic E-state index is 12.4. The van der Waals surface area contributed by atoms with E-state index in [0.717, 1.165) is 11.1 Å². The van der Waals surface area contributed by atoms with Crippen LogP contribution in [0.5, 0.6) is 0 Å². The molecule has 0 aliphatic carbocycles. The lowest BCUT2D eigenvalue weighted by atomic mass is 10.1. The molecule has 8 heteroatoms. The third kappa shape index (κ3) is 3.31. The lowest BCUT2D eigenvalue weighted by Crippen LogP contribution is -2.40. The fraction of sp³-hybridized carbons (Fsp3) is 0.316. The average Bonchev–Trinajstić information content (AvgIpc) is 3.01. The number of benzene rings is 2. The number of sulfone groups is 1. The van der Waals surface area contributed by atoms with Gasteiger partial charge >= 0.3 is 6.09 Å². The van der Waals surface area contributed by atoms with E-state index in [-0.39, 0.29) is 19.8 Å². The van der Waals surface area contributed by atoms with E-state index in [9.17, 15) is 13.2 Å². The first kappa shape index (κ1) is 18.0. The number of aliphatic hydroxyl groups is 1. The van der Waals surface area contributed by atoms with Gasteiger partial charge in [-0.05, 0) is 35.4 Å². The van der Waals surface area contributed by atoms with Crippen molar-refractivity contribution >= 4 is 21.6 Å². The molecule has 0 radical (unpaired) electrons. The van der Waals surface area contributed by atoms with Crippen LogP contribution in [0.25, 0.3) is 11.1 Å². The van der Waals surface area contributed by atoms with Crippen LogP contribution in [0.2, 0.25) is 0 Å². The minimum Gasteiger partial charge on any atom is -0.441 e. The zero-order valence-corrected chi connectivity index (χ0v) is 15.3. The Hall–Kier alpha value is -2.42. The fourth-order valence-corrected chi connectivity index (χ4v) is 4.54. The first-order valence-corrected chi connectivity index (χ1v) is 10.1. The Morgan fingerprint density at radius 1 is 1.00 bits per heavy atom. The fourth-order valence-electron chi connectivity index (χ4n) is 3.08. The second kappa shape index (κ2) is 6.95. The van der Waals surface area contributed by atoms with E-state index in [1.54, 1.807) is 36.4 Å². The highest BCUT2D eigenvalue weighted by molar-refractivity contribution is 7.92. The molecular weight excluding hydrogens is 370 g/mol. The second-order valence-electron chi connectivity index (χ2n) is 6.57. The Morgan fingerprint density at radius 2 is 1.59 bits per heavy atom. The summed E-state index contributed by atoms with van der Waals surface area (Å²) < 4.78 is 34.8. The van der Waals surface area contributed by atoms with Gasteiger partial charge in [0.15, 0.2) is 9.84 Å². The van der Waals surface area contributed by atoms with E-state index in [1.807, 2.05) is 12.1 Å². The molecule has 0 bridgehead atoms. The number of anilines is 1. The molecule has 2 heterocycles. The van der Waals surface area contributed by atoms with Gasteiger partial charge in [0.05, 0.1) is 31.3 Å². The lowest BCUT2D eigenvalue weighted by Gasteiger charge is -2.25. The zero-order valence-electron chi connectivity index (χ0n) is 14.4. The molecule has 2 aromatic rings. The summed E-state index contributed by atoms with van der Waals surface area (Å²) in [6, 6.07) is 14.1. The number of aliphatic hydroxyl groups excluding tert-OH is 1. The molecule has 2 aliphatic heterocycles. The van der Waals surface area contributed by atoms with Crippen molar-refractivity contribution in [2.45, 2.75) is 16.2 Å². The number of carbonyl (C=O) groups excluding carboxylic acids is 1. The first-order valence-electron chi connectivity index (χ1n) is 8.60. The van der Waals surface area contributed by atoms with Gasteiger partial charge in [-0.3, -0.25) is 4.90 Å². The summed E-state index contributed by atoms with van der Waals surface area (Å²) in [6.07, 6.45) is -0.982. The van der Waals surface area contributed by atoms with Crippen molar-refractivity contribution < 1.29 is 27.8 Å². The van der Waals surface area contributed by atoms with Crippen molar-refractivity contribution in [2.24, 2.45) is 0 Å². The molecule has 2 aliphatic rings. The SMILES string of the molecule is O=C1O[C@@H](CO)CN1c1ccc(-c2ccc(S(=O)(=O)C3COC3)cc2)cc1. The highest BCUT2D eigenvalue weighted by Gasteiger charge is 2.34. The van der Waals surface area contributed by atoms with E-state index in [4.69, 9.17) is 14.6 Å². The van der Waals surface area contributed by atoms with Gasteiger partial charge in [0.2, 0.25) is 0 Å². The number of amides is 1. The highest BCUT2D eigenvalue weighted by Crippen LogP contribution is 2.28. The van der Waals surface area contributed by atoms with E-state index >= 15 is 0 Å².